The molecule has 0 atom stereocenters. The molecule has 14 heavy (non-hydrogen) atoms. The van der Waals surface area contributed by atoms with E-state index in [9.17, 15) is 4.79 Å². The Morgan fingerprint density at radius 1 is 1.21 bits per heavy atom. The molecule has 0 fully saturated rings. The average Bonchev–Trinajstić information content (AvgIpc) is 2.15. The van der Waals surface area contributed by atoms with Crippen molar-refractivity contribution in [2.24, 2.45) is 0 Å². The van der Waals surface area contributed by atoms with Crippen LogP contribution in [0.4, 0.5) is 0 Å². The highest BCUT2D eigenvalue weighted by atomic mass is 35.5. The Balaban J connectivity index is 2.97. The van der Waals surface area contributed by atoms with Crippen LogP contribution in [-0.4, -0.2) is 4.98 Å². The minimum atomic E-state index is 0.0681. The van der Waals surface area contributed by atoms with E-state index in [1.807, 2.05) is 13.0 Å². The summed E-state index contributed by atoms with van der Waals surface area (Å²) in [7, 11) is 0. The van der Waals surface area contributed by atoms with E-state index in [2.05, 4.69) is 4.98 Å². The van der Waals surface area contributed by atoms with Crippen LogP contribution in [0, 0.1) is 13.8 Å². The first-order valence-electron chi connectivity index (χ1n) is 4.38. The van der Waals surface area contributed by atoms with Crippen molar-refractivity contribution in [3.8, 4) is 0 Å². The van der Waals surface area contributed by atoms with Crippen LogP contribution in [0.15, 0.2) is 23.1 Å². The summed E-state index contributed by atoms with van der Waals surface area (Å²) in [5.41, 5.74) is 2.50. The number of aromatic amines is 1. The molecule has 0 amide bonds. The maximum Gasteiger partial charge on any atom is 0.192 e. The second-order valence-corrected chi connectivity index (χ2v) is 3.85. The van der Waals surface area contributed by atoms with E-state index in [1.165, 1.54) is 0 Å². The van der Waals surface area contributed by atoms with Gasteiger partial charge in [-0.2, -0.15) is 0 Å². The van der Waals surface area contributed by atoms with E-state index in [-0.39, 0.29) is 5.43 Å². The summed E-state index contributed by atoms with van der Waals surface area (Å²) >= 11 is 5.96. The Kier molecular flexibility index (Phi) is 2.08. The number of pyridine rings is 1. The second-order valence-electron chi connectivity index (χ2n) is 3.45. The summed E-state index contributed by atoms with van der Waals surface area (Å²) in [4.78, 5) is 14.8. The first-order chi connectivity index (χ1) is 6.59. The number of H-pyrrole nitrogens is 1. The second kappa shape index (κ2) is 3.14. The number of aryl methyl sites for hydroxylation is 2. The lowest BCUT2D eigenvalue weighted by Crippen LogP contribution is -2.06. The van der Waals surface area contributed by atoms with Gasteiger partial charge in [-0.3, -0.25) is 4.79 Å². The van der Waals surface area contributed by atoms with E-state index in [0.717, 1.165) is 16.6 Å². The maximum atomic E-state index is 11.7. The zero-order valence-corrected chi connectivity index (χ0v) is 8.77. The molecule has 3 heteroatoms. The monoisotopic (exact) mass is 207 g/mol. The van der Waals surface area contributed by atoms with E-state index in [0.29, 0.717) is 10.4 Å². The molecular formula is C11H10ClNO. The molecule has 72 valence electrons. The molecule has 0 unspecified atom stereocenters. The number of fused-ring (bicyclic) bond motifs is 1. The third-order valence-electron chi connectivity index (χ3n) is 2.35. The standard InChI is InChI=1S/C11H10ClNO/c1-6-3-8-10(4-9(6)12)13-5-7(2)11(8)14/h3-5H,1-2H3,(H,13,14). The fraction of sp³-hybridized carbons (Fsp3) is 0.182. The number of benzene rings is 1. The van der Waals surface area contributed by atoms with Crippen molar-refractivity contribution in [1.82, 2.24) is 4.98 Å². The number of hydrogen-bond donors (Lipinski definition) is 1. The van der Waals surface area contributed by atoms with Gasteiger partial charge in [0.05, 0.1) is 5.52 Å². The lowest BCUT2D eigenvalue weighted by atomic mass is 10.1. The topological polar surface area (TPSA) is 32.9 Å². The molecule has 1 heterocycles. The summed E-state index contributed by atoms with van der Waals surface area (Å²) in [6.07, 6.45) is 1.70. The lowest BCUT2D eigenvalue weighted by Gasteiger charge is -2.02. The molecule has 0 aliphatic carbocycles. The van der Waals surface area contributed by atoms with Crippen LogP contribution < -0.4 is 5.43 Å². The van der Waals surface area contributed by atoms with Gasteiger partial charge in [0.15, 0.2) is 5.43 Å². The SMILES string of the molecule is Cc1cc2c(=O)c(C)c[nH]c2cc1Cl. The van der Waals surface area contributed by atoms with Crippen molar-refractivity contribution in [2.45, 2.75) is 13.8 Å². The lowest BCUT2D eigenvalue weighted by molar-refractivity contribution is 1.29. The third kappa shape index (κ3) is 1.32. The van der Waals surface area contributed by atoms with Gasteiger partial charge in [0, 0.05) is 22.2 Å². The largest absolute Gasteiger partial charge is 0.361 e. The summed E-state index contributed by atoms with van der Waals surface area (Å²) in [5, 5.41) is 1.38. The molecule has 1 aromatic heterocycles. The normalized spacial score (nSPS) is 10.8. The average molecular weight is 208 g/mol. The highest BCUT2D eigenvalue weighted by Crippen LogP contribution is 2.19. The summed E-state index contributed by atoms with van der Waals surface area (Å²) in [5.74, 6) is 0. The molecule has 0 saturated heterocycles. The van der Waals surface area contributed by atoms with E-state index in [4.69, 9.17) is 11.6 Å². The van der Waals surface area contributed by atoms with Gasteiger partial charge in [-0.15, -0.1) is 0 Å². The minimum absolute atomic E-state index is 0.0681. The molecular weight excluding hydrogens is 198 g/mol. The van der Waals surface area contributed by atoms with Crippen molar-refractivity contribution < 1.29 is 0 Å². The molecule has 0 radical (unpaired) electrons. The zero-order valence-electron chi connectivity index (χ0n) is 8.02. The molecule has 0 spiro atoms. The van der Waals surface area contributed by atoms with Crippen LogP contribution >= 0.6 is 11.6 Å². The number of aromatic nitrogens is 1. The van der Waals surface area contributed by atoms with Crippen molar-refractivity contribution >= 4 is 22.5 Å². The summed E-state index contributed by atoms with van der Waals surface area (Å²) in [6.45, 7) is 3.69. The molecule has 2 nitrogen and oxygen atoms in total. The van der Waals surface area contributed by atoms with Gasteiger partial charge in [-0.25, -0.2) is 0 Å². The van der Waals surface area contributed by atoms with Gasteiger partial charge in [0.2, 0.25) is 0 Å². The molecule has 0 bridgehead atoms. The van der Waals surface area contributed by atoms with Crippen molar-refractivity contribution in [3.05, 3.63) is 44.7 Å². The first kappa shape index (κ1) is 9.28. The predicted octanol–water partition coefficient (Wildman–Crippen LogP) is 2.80. The number of rotatable bonds is 0. The van der Waals surface area contributed by atoms with Crippen LogP contribution in [0.25, 0.3) is 10.9 Å². The maximum absolute atomic E-state index is 11.7. The Morgan fingerprint density at radius 3 is 2.64 bits per heavy atom. The van der Waals surface area contributed by atoms with Crippen LogP contribution in [-0.2, 0) is 0 Å². The molecule has 0 aliphatic rings. The van der Waals surface area contributed by atoms with E-state index >= 15 is 0 Å². The van der Waals surface area contributed by atoms with Crippen LogP contribution in [0.2, 0.25) is 5.02 Å². The van der Waals surface area contributed by atoms with Crippen molar-refractivity contribution in [1.29, 1.82) is 0 Å². The highest BCUT2D eigenvalue weighted by molar-refractivity contribution is 6.32. The van der Waals surface area contributed by atoms with Crippen LogP contribution in [0.1, 0.15) is 11.1 Å². The molecule has 1 aromatic carbocycles. The number of hydrogen-bond acceptors (Lipinski definition) is 1. The van der Waals surface area contributed by atoms with Gasteiger partial charge in [0.25, 0.3) is 0 Å². The zero-order chi connectivity index (χ0) is 10.3. The summed E-state index contributed by atoms with van der Waals surface area (Å²) < 4.78 is 0. The Hall–Kier alpha value is -1.28. The van der Waals surface area contributed by atoms with Gasteiger partial charge in [0.1, 0.15) is 0 Å². The van der Waals surface area contributed by atoms with Crippen LogP contribution in [0.5, 0.6) is 0 Å². The fourth-order valence-electron chi connectivity index (χ4n) is 1.45. The van der Waals surface area contributed by atoms with Gasteiger partial charge in [-0.1, -0.05) is 11.6 Å². The van der Waals surface area contributed by atoms with Gasteiger partial charge < -0.3 is 4.98 Å². The molecule has 0 aliphatic heterocycles. The first-order valence-corrected chi connectivity index (χ1v) is 4.75. The Bertz CT molecular complexity index is 557. The van der Waals surface area contributed by atoms with Crippen molar-refractivity contribution in [2.75, 3.05) is 0 Å². The molecule has 2 rings (SSSR count). The number of nitrogens with one attached hydrogen (secondary N) is 1. The number of halogens is 1. The third-order valence-corrected chi connectivity index (χ3v) is 2.75. The Morgan fingerprint density at radius 2 is 1.93 bits per heavy atom. The van der Waals surface area contributed by atoms with Gasteiger partial charge >= 0.3 is 0 Å². The van der Waals surface area contributed by atoms with Crippen LogP contribution in [0.3, 0.4) is 0 Å². The summed E-state index contributed by atoms with van der Waals surface area (Å²) in [6, 6.07) is 3.61. The smallest absolute Gasteiger partial charge is 0.192 e. The van der Waals surface area contributed by atoms with E-state index in [1.54, 1.807) is 19.2 Å². The van der Waals surface area contributed by atoms with Crippen molar-refractivity contribution in [3.63, 3.8) is 0 Å². The predicted molar refractivity (Wildman–Crippen MR) is 59.1 cm³/mol. The fourth-order valence-corrected chi connectivity index (χ4v) is 1.62. The Labute approximate surface area is 86.5 Å². The molecule has 1 N–H and O–H groups in total. The quantitative estimate of drug-likeness (QED) is 0.708. The molecule has 0 saturated carbocycles. The van der Waals surface area contributed by atoms with E-state index < -0.39 is 0 Å². The highest BCUT2D eigenvalue weighted by Gasteiger charge is 2.04. The van der Waals surface area contributed by atoms with Gasteiger partial charge in [-0.05, 0) is 31.5 Å². The minimum Gasteiger partial charge on any atom is -0.361 e. The molecule has 2 aromatic rings.